The molecule has 19 heavy (non-hydrogen) atoms. The zero-order chi connectivity index (χ0) is 13.2. The molecule has 0 saturated heterocycles. The smallest absolute Gasteiger partial charge is 0.184 e. The number of rotatable bonds is 3. The molecule has 1 heterocycles. The van der Waals surface area contributed by atoms with Crippen molar-refractivity contribution >= 4 is 17.4 Å². The minimum absolute atomic E-state index is 0.0383. The predicted molar refractivity (Wildman–Crippen MR) is 74.7 cm³/mol. The van der Waals surface area contributed by atoms with Gasteiger partial charge in [-0.15, -0.1) is 0 Å². The fraction of sp³-hybridized carbons (Fsp3) is 0.333. The van der Waals surface area contributed by atoms with Crippen LogP contribution in [0.4, 0.5) is 0 Å². The summed E-state index contributed by atoms with van der Waals surface area (Å²) in [4.78, 5) is 16.7. The van der Waals surface area contributed by atoms with Crippen molar-refractivity contribution in [3.8, 4) is 0 Å². The number of aryl methyl sites for hydroxylation is 1. The molecule has 0 aliphatic heterocycles. The van der Waals surface area contributed by atoms with E-state index < -0.39 is 0 Å². The van der Waals surface area contributed by atoms with Crippen LogP contribution in [0.3, 0.4) is 0 Å². The van der Waals surface area contributed by atoms with Crippen LogP contribution in [-0.4, -0.2) is 15.3 Å². The second kappa shape index (κ2) is 5.17. The summed E-state index contributed by atoms with van der Waals surface area (Å²) in [5, 5.41) is 0.515. The highest BCUT2D eigenvalue weighted by atomic mass is 35.5. The highest BCUT2D eigenvalue weighted by Crippen LogP contribution is 2.21. The van der Waals surface area contributed by atoms with Gasteiger partial charge in [0.25, 0.3) is 0 Å². The van der Waals surface area contributed by atoms with Crippen LogP contribution in [-0.2, 0) is 19.4 Å². The molecule has 0 saturated carbocycles. The Bertz CT molecular complexity index is 618. The molecule has 1 aromatic heterocycles. The molecule has 1 aliphatic carbocycles. The highest BCUT2D eigenvalue weighted by Gasteiger charge is 2.18. The van der Waals surface area contributed by atoms with Crippen LogP contribution >= 0.6 is 11.6 Å². The van der Waals surface area contributed by atoms with Gasteiger partial charge in [0.05, 0.1) is 23.6 Å². The van der Waals surface area contributed by atoms with Gasteiger partial charge in [0.15, 0.2) is 5.78 Å². The number of carbonyl (C=O) groups excluding carboxylic acids is 1. The first-order valence-corrected chi connectivity index (χ1v) is 6.94. The van der Waals surface area contributed by atoms with Gasteiger partial charge in [-0.3, -0.25) is 4.79 Å². The number of benzene rings is 1. The van der Waals surface area contributed by atoms with E-state index in [1.807, 2.05) is 16.7 Å². The van der Waals surface area contributed by atoms with Crippen LogP contribution < -0.4 is 0 Å². The first-order valence-electron chi connectivity index (χ1n) is 6.56. The molecule has 98 valence electrons. The summed E-state index contributed by atoms with van der Waals surface area (Å²) in [6.07, 6.45) is 6.21. The third-order valence-electron chi connectivity index (χ3n) is 3.60. The molecule has 3 rings (SSSR count). The normalized spacial score (nSPS) is 14.2. The summed E-state index contributed by atoms with van der Waals surface area (Å²) >= 11 is 6.06. The Labute approximate surface area is 117 Å². The standard InChI is InChI=1S/C15H15ClN2O/c16-12-6-2-1-5-11(12)15(19)9-18-10-17-13-7-3-4-8-14(13)18/h1-2,5-6,10H,3-4,7-9H2. The summed E-state index contributed by atoms with van der Waals surface area (Å²) in [7, 11) is 0. The van der Waals surface area contributed by atoms with Crippen molar-refractivity contribution < 1.29 is 4.79 Å². The van der Waals surface area contributed by atoms with E-state index in [4.69, 9.17) is 11.6 Å². The average molecular weight is 275 g/mol. The maximum absolute atomic E-state index is 12.3. The van der Waals surface area contributed by atoms with Gasteiger partial charge >= 0.3 is 0 Å². The van der Waals surface area contributed by atoms with Gasteiger partial charge < -0.3 is 4.57 Å². The number of fused-ring (bicyclic) bond motifs is 1. The van der Waals surface area contributed by atoms with E-state index in [0.717, 1.165) is 18.5 Å². The van der Waals surface area contributed by atoms with Gasteiger partial charge in [-0.05, 0) is 37.8 Å². The fourth-order valence-electron chi connectivity index (χ4n) is 2.59. The second-order valence-corrected chi connectivity index (χ2v) is 5.28. The van der Waals surface area contributed by atoms with Gasteiger partial charge in [-0.25, -0.2) is 4.98 Å². The summed E-state index contributed by atoms with van der Waals surface area (Å²) in [6, 6.07) is 7.19. The van der Waals surface area contributed by atoms with Crippen LogP contribution in [0.2, 0.25) is 5.02 Å². The van der Waals surface area contributed by atoms with Gasteiger partial charge in [0, 0.05) is 11.3 Å². The third-order valence-corrected chi connectivity index (χ3v) is 3.93. The minimum Gasteiger partial charge on any atom is -0.327 e. The lowest BCUT2D eigenvalue weighted by molar-refractivity contribution is 0.0971. The first kappa shape index (κ1) is 12.4. The molecular weight excluding hydrogens is 260 g/mol. The highest BCUT2D eigenvalue weighted by molar-refractivity contribution is 6.33. The molecule has 4 heteroatoms. The number of hydrogen-bond acceptors (Lipinski definition) is 2. The summed E-state index contributed by atoms with van der Waals surface area (Å²) in [5.74, 6) is 0.0383. The van der Waals surface area contributed by atoms with Crippen LogP contribution in [0.5, 0.6) is 0 Å². The Hall–Kier alpha value is -1.61. The van der Waals surface area contributed by atoms with Crippen molar-refractivity contribution in [2.24, 2.45) is 0 Å². The van der Waals surface area contributed by atoms with E-state index in [1.165, 1.54) is 18.5 Å². The lowest BCUT2D eigenvalue weighted by atomic mass is 10.0. The maximum atomic E-state index is 12.3. The molecule has 1 aromatic carbocycles. The number of halogens is 1. The molecule has 0 spiro atoms. The number of Topliss-reactive ketones (excluding diaryl/α,β-unsaturated/α-hetero) is 1. The van der Waals surface area contributed by atoms with E-state index in [9.17, 15) is 4.79 Å². The Kier molecular flexibility index (Phi) is 3.38. The van der Waals surface area contributed by atoms with Crippen molar-refractivity contribution in [1.29, 1.82) is 0 Å². The van der Waals surface area contributed by atoms with Crippen molar-refractivity contribution in [1.82, 2.24) is 9.55 Å². The van der Waals surface area contributed by atoms with Gasteiger partial charge in [0.1, 0.15) is 0 Å². The third kappa shape index (κ3) is 2.43. The number of nitrogens with zero attached hydrogens (tertiary/aromatic N) is 2. The Balaban J connectivity index is 1.84. The molecule has 0 fully saturated rings. The molecular formula is C15H15ClN2O. The van der Waals surface area contributed by atoms with Crippen LogP contribution in [0.15, 0.2) is 30.6 Å². The maximum Gasteiger partial charge on any atom is 0.184 e. The predicted octanol–water partition coefficient (Wildman–Crippen LogP) is 3.30. The second-order valence-electron chi connectivity index (χ2n) is 4.88. The van der Waals surface area contributed by atoms with Crippen molar-refractivity contribution in [2.45, 2.75) is 32.2 Å². The SMILES string of the molecule is O=C(Cn1cnc2c1CCCC2)c1ccccc1Cl. The van der Waals surface area contributed by atoms with E-state index in [1.54, 1.807) is 18.5 Å². The summed E-state index contributed by atoms with van der Waals surface area (Å²) < 4.78 is 1.97. The molecule has 0 bridgehead atoms. The Morgan fingerprint density at radius 1 is 1.26 bits per heavy atom. The minimum atomic E-state index is 0.0383. The van der Waals surface area contributed by atoms with Crippen LogP contribution in [0.1, 0.15) is 34.6 Å². The van der Waals surface area contributed by atoms with E-state index >= 15 is 0 Å². The van der Waals surface area contributed by atoms with Crippen molar-refractivity contribution in [3.05, 3.63) is 52.6 Å². The van der Waals surface area contributed by atoms with E-state index in [0.29, 0.717) is 17.1 Å². The van der Waals surface area contributed by atoms with Crippen molar-refractivity contribution in [3.63, 3.8) is 0 Å². The Morgan fingerprint density at radius 3 is 2.89 bits per heavy atom. The van der Waals surface area contributed by atoms with Gasteiger partial charge in [0.2, 0.25) is 0 Å². The molecule has 0 N–H and O–H groups in total. The molecule has 3 nitrogen and oxygen atoms in total. The van der Waals surface area contributed by atoms with Gasteiger partial charge in [-0.1, -0.05) is 23.7 Å². The van der Waals surface area contributed by atoms with E-state index in [-0.39, 0.29) is 5.78 Å². The lowest BCUT2D eigenvalue weighted by Gasteiger charge is -2.13. The number of carbonyl (C=O) groups is 1. The molecule has 2 aromatic rings. The molecule has 0 unspecified atom stereocenters. The molecule has 0 radical (unpaired) electrons. The lowest BCUT2D eigenvalue weighted by Crippen LogP contribution is -2.14. The summed E-state index contributed by atoms with van der Waals surface area (Å²) in [6.45, 7) is 0.325. The molecule has 0 amide bonds. The zero-order valence-corrected chi connectivity index (χ0v) is 11.4. The first-order chi connectivity index (χ1) is 9.25. The van der Waals surface area contributed by atoms with Crippen LogP contribution in [0, 0.1) is 0 Å². The monoisotopic (exact) mass is 274 g/mol. The average Bonchev–Trinajstić information content (AvgIpc) is 2.83. The number of aromatic nitrogens is 2. The molecule has 1 aliphatic rings. The quantitative estimate of drug-likeness (QED) is 0.805. The number of imidazole rings is 1. The Morgan fingerprint density at radius 2 is 2.05 bits per heavy atom. The fourth-order valence-corrected chi connectivity index (χ4v) is 2.84. The largest absolute Gasteiger partial charge is 0.327 e. The number of ketones is 1. The number of hydrogen-bond donors (Lipinski definition) is 0. The van der Waals surface area contributed by atoms with E-state index in [2.05, 4.69) is 4.98 Å². The van der Waals surface area contributed by atoms with Crippen molar-refractivity contribution in [2.75, 3.05) is 0 Å². The topological polar surface area (TPSA) is 34.9 Å². The molecule has 0 atom stereocenters. The van der Waals surface area contributed by atoms with Gasteiger partial charge in [-0.2, -0.15) is 0 Å². The van der Waals surface area contributed by atoms with Crippen LogP contribution in [0.25, 0.3) is 0 Å². The zero-order valence-electron chi connectivity index (χ0n) is 10.6. The summed E-state index contributed by atoms with van der Waals surface area (Å²) in [5.41, 5.74) is 2.95.